The van der Waals surface area contributed by atoms with Gasteiger partial charge in [-0.05, 0) is 46.6 Å². The molecule has 5 nitrogen and oxygen atoms in total. The number of alkyl halides is 1. The molecular formula is C20H21F2N3O2. The second-order valence-electron chi connectivity index (χ2n) is 5.91. The minimum Gasteiger partial charge on any atom is -0.442 e. The summed E-state index contributed by atoms with van der Waals surface area (Å²) in [6.45, 7) is 3.19. The van der Waals surface area contributed by atoms with Crippen LogP contribution >= 0.6 is 0 Å². The Bertz CT molecular complexity index is 796. The topological polar surface area (TPSA) is 46.1 Å². The number of amidine groups is 1. The largest absolute Gasteiger partial charge is 0.442 e. The molecule has 3 rings (SSSR count). The van der Waals surface area contributed by atoms with Crippen LogP contribution in [0.1, 0.15) is 22.7 Å². The van der Waals surface area contributed by atoms with E-state index in [2.05, 4.69) is 28.0 Å². The van der Waals surface area contributed by atoms with Gasteiger partial charge in [-0.3, -0.25) is 0 Å². The van der Waals surface area contributed by atoms with Crippen LogP contribution in [0.15, 0.2) is 66.5 Å². The number of oxime groups is 1. The fraction of sp³-hybridized carbons (Fsp3) is 0.250. The number of hydrogen-bond acceptors (Lipinski definition) is 4. The highest BCUT2D eigenvalue weighted by molar-refractivity contribution is 5.75. The molecule has 0 bridgehead atoms. The van der Waals surface area contributed by atoms with E-state index in [0.717, 1.165) is 17.5 Å². The van der Waals surface area contributed by atoms with E-state index < -0.39 is 6.86 Å². The van der Waals surface area contributed by atoms with Gasteiger partial charge < -0.3 is 19.8 Å². The van der Waals surface area contributed by atoms with Crippen LogP contribution in [0.4, 0.5) is 8.78 Å². The van der Waals surface area contributed by atoms with E-state index in [1.807, 2.05) is 23.1 Å². The summed E-state index contributed by atoms with van der Waals surface area (Å²) in [6, 6.07) is 14.2. The molecule has 0 fully saturated rings. The first-order valence-electron chi connectivity index (χ1n) is 8.57. The summed E-state index contributed by atoms with van der Waals surface area (Å²) in [7, 11) is 0. The Morgan fingerprint density at radius 1 is 1.26 bits per heavy atom. The molecule has 0 saturated heterocycles. The number of rotatable bonds is 6. The maximum Gasteiger partial charge on any atom is 0.329 e. The number of nitrogens with zero attached hydrogens (tertiary/aromatic N) is 2. The molecule has 0 radical (unpaired) electrons. The van der Waals surface area contributed by atoms with E-state index in [4.69, 9.17) is 4.74 Å². The molecule has 0 unspecified atom stereocenters. The summed E-state index contributed by atoms with van der Waals surface area (Å²) in [5.41, 5.74) is 3.12. The van der Waals surface area contributed by atoms with Crippen molar-refractivity contribution >= 4 is 6.02 Å². The molecule has 0 aliphatic carbocycles. The van der Waals surface area contributed by atoms with Gasteiger partial charge in [0, 0.05) is 6.54 Å². The van der Waals surface area contributed by atoms with Gasteiger partial charge in [0.2, 0.25) is 0 Å². The van der Waals surface area contributed by atoms with Crippen LogP contribution < -0.4 is 5.32 Å². The van der Waals surface area contributed by atoms with Crippen molar-refractivity contribution in [3.05, 3.63) is 83.8 Å². The van der Waals surface area contributed by atoms with Crippen LogP contribution in [0.2, 0.25) is 0 Å². The van der Waals surface area contributed by atoms with Crippen LogP contribution in [-0.4, -0.2) is 31.1 Å². The third-order valence-corrected chi connectivity index (χ3v) is 4.34. The molecule has 1 aliphatic rings. The first-order valence-corrected chi connectivity index (χ1v) is 8.57. The average molecular weight is 373 g/mol. The molecule has 27 heavy (non-hydrogen) atoms. The summed E-state index contributed by atoms with van der Waals surface area (Å²) >= 11 is 0. The van der Waals surface area contributed by atoms with Crippen molar-refractivity contribution in [2.45, 2.75) is 12.5 Å². The monoisotopic (exact) mass is 373 g/mol. The first kappa shape index (κ1) is 18.7. The van der Waals surface area contributed by atoms with Gasteiger partial charge in [-0.2, -0.15) is 0 Å². The van der Waals surface area contributed by atoms with Crippen molar-refractivity contribution in [2.24, 2.45) is 5.16 Å². The smallest absolute Gasteiger partial charge is 0.329 e. The predicted octanol–water partition coefficient (Wildman–Crippen LogP) is 3.70. The summed E-state index contributed by atoms with van der Waals surface area (Å²) in [6.07, 6.45) is 2.25. The van der Waals surface area contributed by atoms with Gasteiger partial charge in [-0.1, -0.05) is 43.0 Å². The number of fused-ring (bicyclic) bond motifs is 1. The van der Waals surface area contributed by atoms with Gasteiger partial charge in [0.15, 0.2) is 6.73 Å². The first-order chi connectivity index (χ1) is 13.2. The Morgan fingerprint density at radius 3 is 2.78 bits per heavy atom. The molecule has 2 aromatic rings. The van der Waals surface area contributed by atoms with Crippen molar-refractivity contribution in [3.8, 4) is 0 Å². The summed E-state index contributed by atoms with van der Waals surface area (Å²) in [5, 5.41) is 6.61. The predicted molar refractivity (Wildman–Crippen MR) is 98.9 cm³/mol. The van der Waals surface area contributed by atoms with E-state index >= 15 is 0 Å². The Labute approximate surface area is 156 Å². The molecule has 0 aromatic heterocycles. The van der Waals surface area contributed by atoms with Crippen LogP contribution in [-0.2, 0) is 16.0 Å². The van der Waals surface area contributed by atoms with Gasteiger partial charge >= 0.3 is 6.02 Å². The van der Waals surface area contributed by atoms with Crippen molar-refractivity contribution in [1.29, 1.82) is 0 Å². The Hall–Kier alpha value is -3.09. The average Bonchev–Trinajstić information content (AvgIpc) is 2.70. The lowest BCUT2D eigenvalue weighted by molar-refractivity contribution is 0.0479. The van der Waals surface area contributed by atoms with Crippen molar-refractivity contribution in [3.63, 3.8) is 0 Å². The van der Waals surface area contributed by atoms with Crippen LogP contribution in [0.25, 0.3) is 0 Å². The molecule has 0 saturated carbocycles. The number of ether oxygens (including phenoxy) is 1. The molecule has 0 spiro atoms. The third-order valence-electron chi connectivity index (χ3n) is 4.34. The molecule has 142 valence electrons. The highest BCUT2D eigenvalue weighted by Gasteiger charge is 2.32. The number of benzene rings is 2. The van der Waals surface area contributed by atoms with Crippen LogP contribution in [0.5, 0.6) is 0 Å². The highest BCUT2D eigenvalue weighted by atomic mass is 19.1. The molecule has 0 amide bonds. The zero-order valence-electron chi connectivity index (χ0n) is 14.8. The molecule has 1 heterocycles. The van der Waals surface area contributed by atoms with E-state index in [0.29, 0.717) is 6.54 Å². The van der Waals surface area contributed by atoms with Crippen molar-refractivity contribution in [2.75, 3.05) is 20.1 Å². The quantitative estimate of drug-likeness (QED) is 0.276. The molecular weight excluding hydrogens is 352 g/mol. The fourth-order valence-corrected chi connectivity index (χ4v) is 3.18. The Morgan fingerprint density at radius 2 is 2.04 bits per heavy atom. The van der Waals surface area contributed by atoms with Gasteiger partial charge in [-0.15, -0.1) is 0 Å². The normalized spacial score (nSPS) is 16.4. The lowest BCUT2D eigenvalue weighted by Crippen LogP contribution is -2.42. The third kappa shape index (κ3) is 4.36. The van der Waals surface area contributed by atoms with Crippen LogP contribution in [0, 0.1) is 5.82 Å². The summed E-state index contributed by atoms with van der Waals surface area (Å²) in [4.78, 5) is 6.50. The van der Waals surface area contributed by atoms with Crippen molar-refractivity contribution < 1.29 is 18.4 Å². The lowest BCUT2D eigenvalue weighted by atomic mass is 9.88. The van der Waals surface area contributed by atoms with Gasteiger partial charge in [0.25, 0.3) is 6.86 Å². The number of halogens is 2. The van der Waals surface area contributed by atoms with Crippen LogP contribution in [0.3, 0.4) is 0 Å². The molecule has 7 heteroatoms. The molecule has 2 aromatic carbocycles. The second kappa shape index (κ2) is 9.02. The minimum absolute atomic E-state index is 0.103. The van der Waals surface area contributed by atoms with E-state index in [-0.39, 0.29) is 24.6 Å². The van der Waals surface area contributed by atoms with Crippen molar-refractivity contribution in [1.82, 2.24) is 10.2 Å². The summed E-state index contributed by atoms with van der Waals surface area (Å²) in [5.74, 6) is -0.310. The number of hydrogen-bond donors (Lipinski definition) is 1. The van der Waals surface area contributed by atoms with E-state index in [9.17, 15) is 8.78 Å². The highest BCUT2D eigenvalue weighted by Crippen LogP contribution is 2.35. The minimum atomic E-state index is -1.06. The standard InChI is InChI=1S/C20H21F2N3O2/c1-2-23-14-26-20(24-27-13-21)25-12-11-15-5-3-4-6-18(15)19(25)16-7-9-17(22)10-8-16/h2-10,19,23H,1,11-14H2/b24-20-/t19-/m0/s1. The molecule has 1 atom stereocenters. The van der Waals surface area contributed by atoms with Gasteiger partial charge in [0.05, 0.1) is 6.04 Å². The van der Waals surface area contributed by atoms with E-state index in [1.165, 1.54) is 23.9 Å². The Balaban J connectivity index is 2.00. The maximum absolute atomic E-state index is 13.4. The van der Waals surface area contributed by atoms with Gasteiger partial charge in [-0.25, -0.2) is 8.78 Å². The SMILES string of the molecule is C=CNCO/C(=N\OCF)N1CCc2ccccc2[C@@H]1c1ccc(F)cc1. The second-order valence-corrected chi connectivity index (χ2v) is 5.91. The maximum atomic E-state index is 13.4. The fourth-order valence-electron chi connectivity index (χ4n) is 3.18. The summed E-state index contributed by atoms with van der Waals surface area (Å²) < 4.78 is 31.6. The molecule has 1 aliphatic heterocycles. The zero-order valence-corrected chi connectivity index (χ0v) is 14.8. The molecule has 1 N–H and O–H groups in total. The lowest BCUT2D eigenvalue weighted by Gasteiger charge is -2.38. The van der Waals surface area contributed by atoms with E-state index in [1.54, 1.807) is 12.1 Å². The number of nitrogens with one attached hydrogen (secondary N) is 1. The zero-order chi connectivity index (χ0) is 19.1. The van der Waals surface area contributed by atoms with Gasteiger partial charge in [0.1, 0.15) is 5.82 Å². The Kier molecular flexibility index (Phi) is 6.25.